The Hall–Kier alpha value is -1.92. The highest BCUT2D eigenvalue weighted by Crippen LogP contribution is 2.21. The van der Waals surface area contributed by atoms with Gasteiger partial charge in [-0.25, -0.2) is 0 Å². The first-order chi connectivity index (χ1) is 10.0. The first kappa shape index (κ1) is 15.5. The molecule has 0 bridgehead atoms. The van der Waals surface area contributed by atoms with Crippen molar-refractivity contribution in [3.63, 3.8) is 0 Å². The molecule has 0 unspecified atom stereocenters. The molecular weight excluding hydrogens is 270 g/mol. The summed E-state index contributed by atoms with van der Waals surface area (Å²) in [5.41, 5.74) is 6.51. The fourth-order valence-corrected chi connectivity index (χ4v) is 2.14. The van der Waals surface area contributed by atoms with Gasteiger partial charge in [0.05, 0.1) is 0 Å². The zero-order chi connectivity index (χ0) is 15.3. The molecule has 1 saturated heterocycles. The number of carbonyl (C=O) groups excluding carboxylic acids is 2. The molecule has 2 rings (SSSR count). The Morgan fingerprint density at radius 1 is 1.24 bits per heavy atom. The van der Waals surface area contributed by atoms with Gasteiger partial charge in [-0.15, -0.1) is 0 Å². The molecule has 114 valence electrons. The number of ether oxygens (including phenoxy) is 1. The quantitative estimate of drug-likeness (QED) is 0.783. The van der Waals surface area contributed by atoms with Crippen molar-refractivity contribution < 1.29 is 14.3 Å². The van der Waals surface area contributed by atoms with E-state index in [1.54, 1.807) is 31.2 Å². The van der Waals surface area contributed by atoms with Crippen LogP contribution in [0, 0.1) is 0 Å². The first-order valence-corrected chi connectivity index (χ1v) is 7.11. The molecule has 1 heterocycles. The standard InChI is InChI=1S/C15H21N3O3/c1-2-13(19)17-11-4-3-5-12(10-11)18-14(20)15(16)6-8-21-9-7-15/h3-5,10H,2,6-9,16H2,1H3,(H,17,19)(H,18,20). The summed E-state index contributed by atoms with van der Waals surface area (Å²) in [7, 11) is 0. The third-order valence-corrected chi connectivity index (χ3v) is 3.56. The van der Waals surface area contributed by atoms with Crippen molar-refractivity contribution in [1.29, 1.82) is 0 Å². The molecule has 0 aliphatic carbocycles. The lowest BCUT2D eigenvalue weighted by Crippen LogP contribution is -2.54. The highest BCUT2D eigenvalue weighted by atomic mass is 16.5. The number of hydrogen-bond acceptors (Lipinski definition) is 4. The van der Waals surface area contributed by atoms with E-state index in [0.717, 1.165) is 0 Å². The summed E-state index contributed by atoms with van der Waals surface area (Å²) in [6.45, 7) is 2.78. The molecule has 0 spiro atoms. The maximum atomic E-state index is 12.3. The number of carbonyl (C=O) groups is 2. The fraction of sp³-hybridized carbons (Fsp3) is 0.467. The number of hydrogen-bond donors (Lipinski definition) is 3. The third-order valence-electron chi connectivity index (χ3n) is 3.56. The Bertz CT molecular complexity index is 525. The van der Waals surface area contributed by atoms with Crippen LogP contribution in [0.15, 0.2) is 24.3 Å². The largest absolute Gasteiger partial charge is 0.381 e. The van der Waals surface area contributed by atoms with Gasteiger partial charge in [0, 0.05) is 31.0 Å². The van der Waals surface area contributed by atoms with Crippen LogP contribution in [-0.4, -0.2) is 30.6 Å². The van der Waals surface area contributed by atoms with Crippen molar-refractivity contribution in [2.75, 3.05) is 23.8 Å². The second kappa shape index (κ2) is 6.69. The average molecular weight is 291 g/mol. The second-order valence-corrected chi connectivity index (χ2v) is 5.21. The van der Waals surface area contributed by atoms with E-state index in [1.807, 2.05) is 0 Å². The molecule has 4 N–H and O–H groups in total. The van der Waals surface area contributed by atoms with E-state index in [4.69, 9.17) is 10.5 Å². The van der Waals surface area contributed by atoms with Gasteiger partial charge in [0.25, 0.3) is 0 Å². The van der Waals surface area contributed by atoms with Crippen LogP contribution in [0.25, 0.3) is 0 Å². The summed E-state index contributed by atoms with van der Waals surface area (Å²) in [5.74, 6) is -0.289. The molecule has 1 aromatic rings. The zero-order valence-corrected chi connectivity index (χ0v) is 12.1. The number of benzene rings is 1. The van der Waals surface area contributed by atoms with Gasteiger partial charge < -0.3 is 21.1 Å². The van der Waals surface area contributed by atoms with E-state index in [2.05, 4.69) is 10.6 Å². The van der Waals surface area contributed by atoms with Crippen LogP contribution in [0.5, 0.6) is 0 Å². The number of amides is 2. The van der Waals surface area contributed by atoms with Gasteiger partial charge in [-0.1, -0.05) is 13.0 Å². The van der Waals surface area contributed by atoms with Crippen molar-refractivity contribution in [3.05, 3.63) is 24.3 Å². The average Bonchev–Trinajstić information content (AvgIpc) is 2.48. The van der Waals surface area contributed by atoms with Crippen molar-refractivity contribution in [2.24, 2.45) is 5.73 Å². The van der Waals surface area contributed by atoms with E-state index < -0.39 is 5.54 Å². The van der Waals surface area contributed by atoms with E-state index in [9.17, 15) is 9.59 Å². The summed E-state index contributed by atoms with van der Waals surface area (Å²) >= 11 is 0. The summed E-state index contributed by atoms with van der Waals surface area (Å²) in [5, 5.41) is 5.57. The topological polar surface area (TPSA) is 93.5 Å². The molecular formula is C15H21N3O3. The molecule has 1 aliphatic heterocycles. The summed E-state index contributed by atoms with van der Waals surface area (Å²) in [4.78, 5) is 23.7. The van der Waals surface area contributed by atoms with Gasteiger partial charge >= 0.3 is 0 Å². The summed E-state index contributed by atoms with van der Waals surface area (Å²) < 4.78 is 5.23. The molecule has 2 amide bonds. The van der Waals surface area contributed by atoms with Crippen molar-refractivity contribution in [3.8, 4) is 0 Å². The number of nitrogens with one attached hydrogen (secondary N) is 2. The minimum Gasteiger partial charge on any atom is -0.381 e. The van der Waals surface area contributed by atoms with Crippen LogP contribution in [0.4, 0.5) is 11.4 Å². The lowest BCUT2D eigenvalue weighted by atomic mass is 9.90. The zero-order valence-electron chi connectivity index (χ0n) is 12.1. The number of rotatable bonds is 4. The molecule has 0 aromatic heterocycles. The van der Waals surface area contributed by atoms with E-state index in [-0.39, 0.29) is 11.8 Å². The van der Waals surface area contributed by atoms with Crippen LogP contribution in [0.2, 0.25) is 0 Å². The Morgan fingerprint density at radius 2 is 1.86 bits per heavy atom. The highest BCUT2D eigenvalue weighted by Gasteiger charge is 2.35. The second-order valence-electron chi connectivity index (χ2n) is 5.21. The predicted octanol–water partition coefficient (Wildman–Crippen LogP) is 1.48. The molecule has 21 heavy (non-hydrogen) atoms. The van der Waals surface area contributed by atoms with Crippen LogP contribution < -0.4 is 16.4 Å². The molecule has 6 nitrogen and oxygen atoms in total. The van der Waals surface area contributed by atoms with Gasteiger partial charge in [-0.2, -0.15) is 0 Å². The molecule has 0 radical (unpaired) electrons. The van der Waals surface area contributed by atoms with Crippen molar-refractivity contribution in [2.45, 2.75) is 31.7 Å². The SMILES string of the molecule is CCC(=O)Nc1cccc(NC(=O)C2(N)CCOCC2)c1. The fourth-order valence-electron chi connectivity index (χ4n) is 2.14. The Labute approximate surface area is 124 Å². The maximum Gasteiger partial charge on any atom is 0.244 e. The van der Waals surface area contributed by atoms with Crippen LogP contribution in [-0.2, 0) is 14.3 Å². The summed E-state index contributed by atoms with van der Waals surface area (Å²) in [6.07, 6.45) is 1.42. The number of anilines is 2. The Kier molecular flexibility index (Phi) is 4.93. The van der Waals surface area contributed by atoms with Gasteiger partial charge in [0.1, 0.15) is 5.54 Å². The van der Waals surface area contributed by atoms with E-state index >= 15 is 0 Å². The smallest absolute Gasteiger partial charge is 0.244 e. The van der Waals surface area contributed by atoms with E-state index in [0.29, 0.717) is 43.9 Å². The summed E-state index contributed by atoms with van der Waals surface area (Å²) in [6, 6.07) is 7.03. The van der Waals surface area contributed by atoms with E-state index in [1.165, 1.54) is 0 Å². The van der Waals surface area contributed by atoms with Crippen LogP contribution in [0.1, 0.15) is 26.2 Å². The highest BCUT2D eigenvalue weighted by molar-refractivity contribution is 5.99. The molecule has 0 atom stereocenters. The third kappa shape index (κ3) is 4.03. The lowest BCUT2D eigenvalue weighted by Gasteiger charge is -2.31. The van der Waals surface area contributed by atoms with Crippen LogP contribution >= 0.6 is 0 Å². The van der Waals surface area contributed by atoms with Gasteiger partial charge in [-0.3, -0.25) is 9.59 Å². The molecule has 0 saturated carbocycles. The molecule has 1 fully saturated rings. The minimum absolute atomic E-state index is 0.0711. The molecule has 1 aromatic carbocycles. The predicted molar refractivity (Wildman–Crippen MR) is 81.0 cm³/mol. The Balaban J connectivity index is 2.03. The monoisotopic (exact) mass is 291 g/mol. The lowest BCUT2D eigenvalue weighted by molar-refractivity contribution is -0.124. The normalized spacial score (nSPS) is 17.0. The molecule has 6 heteroatoms. The van der Waals surface area contributed by atoms with Crippen molar-refractivity contribution >= 4 is 23.2 Å². The maximum absolute atomic E-state index is 12.3. The Morgan fingerprint density at radius 3 is 2.48 bits per heavy atom. The van der Waals surface area contributed by atoms with Crippen molar-refractivity contribution in [1.82, 2.24) is 0 Å². The van der Waals surface area contributed by atoms with Gasteiger partial charge in [0.15, 0.2) is 0 Å². The van der Waals surface area contributed by atoms with Gasteiger partial charge in [0.2, 0.25) is 11.8 Å². The molecule has 1 aliphatic rings. The van der Waals surface area contributed by atoms with Gasteiger partial charge in [-0.05, 0) is 31.0 Å². The number of nitrogens with two attached hydrogens (primary N) is 1. The van der Waals surface area contributed by atoms with Crippen LogP contribution in [0.3, 0.4) is 0 Å². The first-order valence-electron chi connectivity index (χ1n) is 7.11. The minimum atomic E-state index is -0.888.